The Balaban J connectivity index is 1.57. The quantitative estimate of drug-likeness (QED) is 0.577. The maximum Gasteiger partial charge on any atom is 0.260 e. The fourth-order valence-corrected chi connectivity index (χ4v) is 3.17. The van der Waals surface area contributed by atoms with E-state index in [1.165, 1.54) is 0 Å². The number of carbonyl (C=O) groups is 1. The summed E-state index contributed by atoms with van der Waals surface area (Å²) in [5, 5.41) is 11.9. The third-order valence-electron chi connectivity index (χ3n) is 4.57. The van der Waals surface area contributed by atoms with Crippen LogP contribution in [0.3, 0.4) is 0 Å². The van der Waals surface area contributed by atoms with Crippen molar-refractivity contribution in [3.63, 3.8) is 0 Å². The highest BCUT2D eigenvalue weighted by molar-refractivity contribution is 6.04. The predicted octanol–water partition coefficient (Wildman–Crippen LogP) is 3.99. The first-order chi connectivity index (χ1) is 13.6. The molecule has 6 nitrogen and oxygen atoms in total. The summed E-state index contributed by atoms with van der Waals surface area (Å²) in [5.41, 5.74) is 4.21. The Morgan fingerprint density at radius 3 is 2.39 bits per heavy atom. The van der Waals surface area contributed by atoms with Crippen molar-refractivity contribution in [2.45, 2.75) is 20.4 Å². The lowest BCUT2D eigenvalue weighted by Crippen LogP contribution is -2.17. The van der Waals surface area contributed by atoms with Crippen molar-refractivity contribution in [2.24, 2.45) is 0 Å². The van der Waals surface area contributed by atoms with E-state index in [9.17, 15) is 4.79 Å². The fourth-order valence-electron chi connectivity index (χ4n) is 3.17. The monoisotopic (exact) mass is 371 g/mol. The van der Waals surface area contributed by atoms with Crippen LogP contribution < -0.4 is 5.32 Å². The van der Waals surface area contributed by atoms with Gasteiger partial charge in [0.05, 0.1) is 35.4 Å². The third kappa shape index (κ3) is 3.57. The molecule has 4 aromatic rings. The highest BCUT2D eigenvalue weighted by atomic mass is 16.1. The number of benzene rings is 2. The summed E-state index contributed by atoms with van der Waals surface area (Å²) in [5.74, 6) is 0.465. The minimum Gasteiger partial charge on any atom is -0.307 e. The van der Waals surface area contributed by atoms with E-state index in [4.69, 9.17) is 0 Å². The molecule has 140 valence electrons. The number of nitrogens with zero attached hydrogens (tertiary/aromatic N) is 4. The average molecular weight is 371 g/mol. The summed E-state index contributed by atoms with van der Waals surface area (Å²) < 4.78 is 3.57. The van der Waals surface area contributed by atoms with Crippen molar-refractivity contribution in [3.05, 3.63) is 95.4 Å². The third-order valence-corrected chi connectivity index (χ3v) is 4.57. The number of carbonyl (C=O) groups excluding carboxylic acids is 1. The van der Waals surface area contributed by atoms with Gasteiger partial charge in [-0.25, -0.2) is 9.36 Å². The topological polar surface area (TPSA) is 64.7 Å². The Morgan fingerprint density at radius 1 is 1.00 bits per heavy atom. The number of anilines is 1. The van der Waals surface area contributed by atoms with Gasteiger partial charge in [-0.15, -0.1) is 0 Å². The molecule has 0 bridgehead atoms. The van der Waals surface area contributed by atoms with Crippen molar-refractivity contribution >= 4 is 11.7 Å². The van der Waals surface area contributed by atoms with Crippen LogP contribution in [0.1, 0.15) is 27.3 Å². The summed E-state index contributed by atoms with van der Waals surface area (Å²) in [4.78, 5) is 12.9. The Labute approximate surface area is 163 Å². The van der Waals surface area contributed by atoms with Gasteiger partial charge >= 0.3 is 0 Å². The molecule has 0 unspecified atom stereocenters. The van der Waals surface area contributed by atoms with Crippen LogP contribution in [0.25, 0.3) is 5.69 Å². The number of nitrogens with one attached hydrogen (secondary N) is 1. The van der Waals surface area contributed by atoms with Crippen LogP contribution in [-0.4, -0.2) is 25.5 Å². The summed E-state index contributed by atoms with van der Waals surface area (Å²) in [6, 6.07) is 21.7. The second-order valence-corrected chi connectivity index (χ2v) is 6.66. The molecule has 0 aliphatic heterocycles. The van der Waals surface area contributed by atoms with Gasteiger partial charge < -0.3 is 5.32 Å². The van der Waals surface area contributed by atoms with Gasteiger partial charge in [-0.3, -0.25) is 4.79 Å². The second-order valence-electron chi connectivity index (χ2n) is 6.66. The number of hydrogen-bond donors (Lipinski definition) is 1. The Morgan fingerprint density at radius 2 is 1.68 bits per heavy atom. The number of para-hydroxylation sites is 1. The molecule has 0 aliphatic carbocycles. The minimum absolute atomic E-state index is 0.200. The number of rotatable bonds is 5. The van der Waals surface area contributed by atoms with E-state index in [2.05, 4.69) is 15.5 Å². The maximum atomic E-state index is 12.9. The smallest absolute Gasteiger partial charge is 0.260 e. The molecule has 6 heteroatoms. The van der Waals surface area contributed by atoms with Crippen LogP contribution in [0.2, 0.25) is 0 Å². The van der Waals surface area contributed by atoms with Crippen LogP contribution >= 0.6 is 0 Å². The van der Waals surface area contributed by atoms with Crippen molar-refractivity contribution in [1.82, 2.24) is 19.6 Å². The molecule has 0 fully saturated rings. The van der Waals surface area contributed by atoms with Gasteiger partial charge in [0.1, 0.15) is 5.82 Å². The highest BCUT2D eigenvalue weighted by Gasteiger charge is 2.17. The summed E-state index contributed by atoms with van der Waals surface area (Å²) in [6.45, 7) is 4.39. The van der Waals surface area contributed by atoms with Crippen LogP contribution in [0.15, 0.2) is 72.9 Å². The fraction of sp³-hybridized carbons (Fsp3) is 0.136. The van der Waals surface area contributed by atoms with Gasteiger partial charge in [-0.1, -0.05) is 48.5 Å². The van der Waals surface area contributed by atoms with Crippen molar-refractivity contribution in [2.75, 3.05) is 5.32 Å². The minimum atomic E-state index is -0.200. The lowest BCUT2D eigenvalue weighted by atomic mass is 10.2. The van der Waals surface area contributed by atoms with E-state index in [-0.39, 0.29) is 5.91 Å². The van der Waals surface area contributed by atoms with Crippen LogP contribution in [0.4, 0.5) is 5.82 Å². The van der Waals surface area contributed by atoms with Crippen molar-refractivity contribution in [1.29, 1.82) is 0 Å². The maximum absolute atomic E-state index is 12.9. The van der Waals surface area contributed by atoms with Crippen LogP contribution in [0.5, 0.6) is 0 Å². The van der Waals surface area contributed by atoms with E-state index in [0.29, 0.717) is 17.9 Å². The van der Waals surface area contributed by atoms with Crippen LogP contribution in [0, 0.1) is 13.8 Å². The first-order valence-corrected chi connectivity index (χ1v) is 9.11. The van der Waals surface area contributed by atoms with Crippen LogP contribution in [-0.2, 0) is 6.54 Å². The molecular weight excluding hydrogens is 350 g/mol. The molecule has 2 aromatic carbocycles. The van der Waals surface area contributed by atoms with Crippen molar-refractivity contribution in [3.8, 4) is 5.69 Å². The van der Waals surface area contributed by atoms with E-state index in [1.54, 1.807) is 15.6 Å². The summed E-state index contributed by atoms with van der Waals surface area (Å²) in [6.07, 6.45) is 1.60. The molecule has 28 heavy (non-hydrogen) atoms. The van der Waals surface area contributed by atoms with Crippen molar-refractivity contribution < 1.29 is 4.79 Å². The van der Waals surface area contributed by atoms with Gasteiger partial charge in [0.15, 0.2) is 0 Å². The molecule has 0 radical (unpaired) electrons. The van der Waals surface area contributed by atoms with Gasteiger partial charge in [0.2, 0.25) is 0 Å². The molecule has 1 amide bonds. The zero-order valence-electron chi connectivity index (χ0n) is 15.8. The number of aryl methyl sites for hydroxylation is 1. The molecule has 4 rings (SSSR count). The summed E-state index contributed by atoms with van der Waals surface area (Å²) in [7, 11) is 0. The van der Waals surface area contributed by atoms with E-state index in [1.807, 2.05) is 80.6 Å². The zero-order chi connectivity index (χ0) is 19.5. The molecule has 1 N–H and O–H groups in total. The molecular formula is C22H21N5O. The Hall–Kier alpha value is -3.67. The Kier molecular flexibility index (Phi) is 4.76. The highest BCUT2D eigenvalue weighted by Crippen LogP contribution is 2.18. The van der Waals surface area contributed by atoms with Gasteiger partial charge in [0.25, 0.3) is 5.91 Å². The second kappa shape index (κ2) is 7.52. The van der Waals surface area contributed by atoms with E-state index >= 15 is 0 Å². The SMILES string of the molecule is Cc1cc(NC(=O)c2cnn(-c3ccccc3)c2C)n(Cc2ccccc2)n1. The molecule has 2 aromatic heterocycles. The van der Waals surface area contributed by atoms with Gasteiger partial charge in [-0.05, 0) is 31.5 Å². The Bertz CT molecular complexity index is 1100. The lowest BCUT2D eigenvalue weighted by molar-refractivity contribution is 0.102. The predicted molar refractivity (Wildman–Crippen MR) is 109 cm³/mol. The molecule has 2 heterocycles. The number of aromatic nitrogens is 4. The first-order valence-electron chi connectivity index (χ1n) is 9.11. The summed E-state index contributed by atoms with van der Waals surface area (Å²) >= 11 is 0. The van der Waals surface area contributed by atoms with Gasteiger partial charge in [-0.2, -0.15) is 10.2 Å². The first kappa shape index (κ1) is 17.7. The molecule has 0 atom stereocenters. The lowest BCUT2D eigenvalue weighted by Gasteiger charge is -2.09. The molecule has 0 spiro atoms. The van der Waals surface area contributed by atoms with E-state index in [0.717, 1.165) is 22.6 Å². The number of amides is 1. The van der Waals surface area contributed by atoms with Gasteiger partial charge in [0, 0.05) is 6.07 Å². The molecule has 0 aliphatic rings. The largest absolute Gasteiger partial charge is 0.307 e. The molecule has 0 saturated heterocycles. The normalized spacial score (nSPS) is 10.8. The average Bonchev–Trinajstić information content (AvgIpc) is 3.25. The van der Waals surface area contributed by atoms with E-state index < -0.39 is 0 Å². The standard InChI is InChI=1S/C22H21N5O/c1-16-13-21(26(25-16)15-18-9-5-3-6-10-18)24-22(28)20-14-23-27(17(20)2)19-11-7-4-8-12-19/h3-14H,15H2,1-2H3,(H,24,28). The zero-order valence-corrected chi connectivity index (χ0v) is 15.8. The molecule has 0 saturated carbocycles. The number of hydrogen-bond acceptors (Lipinski definition) is 3.